The van der Waals surface area contributed by atoms with E-state index in [2.05, 4.69) is 4.98 Å². The number of ether oxygens (including phenoxy) is 1. The third kappa shape index (κ3) is 3.09. The number of aryl methyl sites for hydroxylation is 1. The molecule has 0 fully saturated rings. The number of carboxylic acids is 1. The molecule has 1 aromatic carbocycles. The molecule has 100 valence electrons. The van der Waals surface area contributed by atoms with Crippen molar-refractivity contribution in [2.45, 2.75) is 13.0 Å². The third-order valence-corrected chi connectivity index (χ3v) is 2.66. The fraction of sp³-hybridized carbons (Fsp3) is 0.231. The van der Waals surface area contributed by atoms with Crippen molar-refractivity contribution >= 4 is 5.97 Å². The lowest BCUT2D eigenvalue weighted by molar-refractivity contribution is -0.137. The molecule has 6 heteroatoms. The van der Waals surface area contributed by atoms with E-state index in [9.17, 15) is 9.18 Å². The molecule has 0 spiro atoms. The Morgan fingerprint density at radius 1 is 1.53 bits per heavy atom. The Labute approximate surface area is 109 Å². The van der Waals surface area contributed by atoms with Crippen LogP contribution in [0.2, 0.25) is 0 Å². The summed E-state index contributed by atoms with van der Waals surface area (Å²) in [5.41, 5.74) is 1.21. The zero-order chi connectivity index (χ0) is 13.8. The first-order chi connectivity index (χ1) is 9.10. The van der Waals surface area contributed by atoms with Crippen molar-refractivity contribution in [2.24, 2.45) is 0 Å². The predicted molar refractivity (Wildman–Crippen MR) is 66.4 cm³/mol. The molecule has 0 bridgehead atoms. The number of imidazole rings is 1. The summed E-state index contributed by atoms with van der Waals surface area (Å²) in [4.78, 5) is 14.6. The predicted octanol–water partition coefficient (Wildman–Crippen LogP) is 2.17. The van der Waals surface area contributed by atoms with Gasteiger partial charge in [0.05, 0.1) is 25.6 Å². The van der Waals surface area contributed by atoms with Crippen LogP contribution in [-0.2, 0) is 11.3 Å². The van der Waals surface area contributed by atoms with Gasteiger partial charge in [-0.15, -0.1) is 0 Å². The van der Waals surface area contributed by atoms with E-state index in [1.165, 1.54) is 25.6 Å². The van der Waals surface area contributed by atoms with Gasteiger partial charge in [0, 0.05) is 18.3 Å². The summed E-state index contributed by atoms with van der Waals surface area (Å²) in [7, 11) is 1.40. The average molecular weight is 264 g/mol. The number of hydrogen-bond donors (Lipinski definition) is 1. The zero-order valence-electron chi connectivity index (χ0n) is 10.3. The molecule has 5 nitrogen and oxygen atoms in total. The minimum atomic E-state index is -0.870. The highest BCUT2D eigenvalue weighted by Crippen LogP contribution is 2.24. The van der Waals surface area contributed by atoms with Crippen LogP contribution < -0.4 is 4.74 Å². The molecule has 2 rings (SSSR count). The fourth-order valence-corrected chi connectivity index (χ4v) is 1.68. The van der Waals surface area contributed by atoms with Gasteiger partial charge in [0.25, 0.3) is 0 Å². The fourth-order valence-electron chi connectivity index (χ4n) is 1.68. The number of carbonyl (C=O) groups is 1. The molecule has 0 radical (unpaired) electrons. The van der Waals surface area contributed by atoms with E-state index in [0.717, 1.165) is 0 Å². The van der Waals surface area contributed by atoms with Crippen molar-refractivity contribution < 1.29 is 19.0 Å². The molecule has 0 saturated carbocycles. The summed E-state index contributed by atoms with van der Waals surface area (Å²) < 4.78 is 20.1. The van der Waals surface area contributed by atoms with E-state index in [-0.39, 0.29) is 12.2 Å². The summed E-state index contributed by atoms with van der Waals surface area (Å²) in [5.74, 6) is -1.15. The Balaban J connectivity index is 2.18. The van der Waals surface area contributed by atoms with Gasteiger partial charge in [0.15, 0.2) is 11.6 Å². The molecule has 0 aliphatic heterocycles. The van der Waals surface area contributed by atoms with Crippen LogP contribution in [0.4, 0.5) is 4.39 Å². The second-order valence-electron chi connectivity index (χ2n) is 3.99. The Kier molecular flexibility index (Phi) is 3.79. The van der Waals surface area contributed by atoms with Gasteiger partial charge in [-0.2, -0.15) is 0 Å². The quantitative estimate of drug-likeness (QED) is 0.898. The molecule has 0 atom stereocenters. The number of halogens is 1. The van der Waals surface area contributed by atoms with Crippen molar-refractivity contribution in [3.63, 3.8) is 0 Å². The highest BCUT2D eigenvalue weighted by Gasteiger charge is 2.08. The van der Waals surface area contributed by atoms with Gasteiger partial charge < -0.3 is 14.4 Å². The number of carboxylic acid groups (broad SMARTS) is 1. The molecule has 0 saturated heterocycles. The maximum atomic E-state index is 13.6. The lowest BCUT2D eigenvalue weighted by Gasteiger charge is -2.03. The lowest BCUT2D eigenvalue weighted by Crippen LogP contribution is -2.02. The maximum absolute atomic E-state index is 13.6. The molecule has 1 N–H and O–H groups in total. The van der Waals surface area contributed by atoms with Crippen LogP contribution >= 0.6 is 0 Å². The number of benzene rings is 1. The number of methoxy groups -OCH3 is 1. The Hall–Kier alpha value is -2.37. The molecule has 0 aliphatic rings. The second-order valence-corrected chi connectivity index (χ2v) is 3.99. The van der Waals surface area contributed by atoms with Crippen LogP contribution in [-0.4, -0.2) is 27.7 Å². The topological polar surface area (TPSA) is 64.3 Å². The Morgan fingerprint density at radius 3 is 2.95 bits per heavy atom. The zero-order valence-corrected chi connectivity index (χ0v) is 10.3. The SMILES string of the molecule is COc1ccc(-c2cn(CCC(=O)O)cn2)cc1F. The van der Waals surface area contributed by atoms with Gasteiger partial charge in [-0.25, -0.2) is 9.37 Å². The monoisotopic (exact) mass is 264 g/mol. The van der Waals surface area contributed by atoms with E-state index >= 15 is 0 Å². The van der Waals surface area contributed by atoms with Gasteiger partial charge in [-0.3, -0.25) is 4.79 Å². The maximum Gasteiger partial charge on any atom is 0.305 e. The molecule has 0 aliphatic carbocycles. The highest BCUT2D eigenvalue weighted by atomic mass is 19.1. The molecular formula is C13H13FN2O3. The number of nitrogens with zero attached hydrogens (tertiary/aromatic N) is 2. The van der Waals surface area contributed by atoms with Crippen LogP contribution in [0.3, 0.4) is 0 Å². The van der Waals surface area contributed by atoms with Crippen molar-refractivity contribution in [1.29, 1.82) is 0 Å². The minimum Gasteiger partial charge on any atom is -0.494 e. The van der Waals surface area contributed by atoms with Crippen molar-refractivity contribution in [1.82, 2.24) is 9.55 Å². The Morgan fingerprint density at radius 2 is 2.32 bits per heavy atom. The van der Waals surface area contributed by atoms with Crippen molar-refractivity contribution in [3.05, 3.63) is 36.5 Å². The lowest BCUT2D eigenvalue weighted by atomic mass is 10.1. The van der Waals surface area contributed by atoms with Crippen molar-refractivity contribution in [2.75, 3.05) is 7.11 Å². The van der Waals surface area contributed by atoms with Gasteiger partial charge in [-0.05, 0) is 18.2 Å². The van der Waals surface area contributed by atoms with E-state index in [1.54, 1.807) is 16.8 Å². The number of rotatable bonds is 5. The molecule has 1 aromatic heterocycles. The van der Waals surface area contributed by atoms with Gasteiger partial charge in [-0.1, -0.05) is 0 Å². The van der Waals surface area contributed by atoms with Crippen LogP contribution in [0.25, 0.3) is 11.3 Å². The van der Waals surface area contributed by atoms with Crippen LogP contribution in [0, 0.1) is 5.82 Å². The Bertz CT molecular complexity index is 595. The first-order valence-corrected chi connectivity index (χ1v) is 5.67. The standard InChI is InChI=1S/C13H13FN2O3/c1-19-12-3-2-9(6-10(12)14)11-7-16(8-15-11)5-4-13(17)18/h2-3,6-8H,4-5H2,1H3,(H,17,18). The van der Waals surface area contributed by atoms with E-state index in [4.69, 9.17) is 9.84 Å². The van der Waals surface area contributed by atoms with Gasteiger partial charge in [0.1, 0.15) is 0 Å². The first kappa shape index (κ1) is 13.1. The summed E-state index contributed by atoms with van der Waals surface area (Å²) in [6, 6.07) is 4.56. The van der Waals surface area contributed by atoms with Gasteiger partial charge >= 0.3 is 5.97 Å². The van der Waals surface area contributed by atoms with E-state index in [1.807, 2.05) is 0 Å². The number of aliphatic carboxylic acids is 1. The number of hydrogen-bond acceptors (Lipinski definition) is 3. The minimum absolute atomic E-state index is 0.0206. The summed E-state index contributed by atoms with van der Waals surface area (Å²) in [5, 5.41) is 8.60. The largest absolute Gasteiger partial charge is 0.494 e. The van der Waals surface area contributed by atoms with E-state index in [0.29, 0.717) is 17.8 Å². The normalized spacial score (nSPS) is 10.4. The third-order valence-electron chi connectivity index (χ3n) is 2.66. The number of aromatic nitrogens is 2. The molecule has 0 unspecified atom stereocenters. The first-order valence-electron chi connectivity index (χ1n) is 5.67. The van der Waals surface area contributed by atoms with Crippen LogP contribution in [0.5, 0.6) is 5.75 Å². The van der Waals surface area contributed by atoms with Gasteiger partial charge in [0.2, 0.25) is 0 Å². The van der Waals surface area contributed by atoms with Crippen LogP contribution in [0.1, 0.15) is 6.42 Å². The molecular weight excluding hydrogens is 251 g/mol. The summed E-state index contributed by atoms with van der Waals surface area (Å²) >= 11 is 0. The average Bonchev–Trinajstić information content (AvgIpc) is 2.85. The molecule has 1 heterocycles. The highest BCUT2D eigenvalue weighted by molar-refractivity contribution is 5.66. The molecule has 0 amide bonds. The second kappa shape index (κ2) is 5.51. The molecule has 2 aromatic rings. The smallest absolute Gasteiger partial charge is 0.305 e. The van der Waals surface area contributed by atoms with Crippen molar-refractivity contribution in [3.8, 4) is 17.0 Å². The summed E-state index contributed by atoms with van der Waals surface area (Å²) in [6.07, 6.45) is 3.23. The van der Waals surface area contributed by atoms with Crippen LogP contribution in [0.15, 0.2) is 30.7 Å². The molecule has 19 heavy (non-hydrogen) atoms. The van der Waals surface area contributed by atoms with E-state index < -0.39 is 11.8 Å². The summed E-state index contributed by atoms with van der Waals surface area (Å²) in [6.45, 7) is 0.334.